The predicted octanol–water partition coefficient (Wildman–Crippen LogP) is 2.16. The van der Waals surface area contributed by atoms with Crippen LogP contribution in [0.25, 0.3) is 0 Å². The van der Waals surface area contributed by atoms with Gasteiger partial charge in [0.25, 0.3) is 0 Å². The molecule has 0 fully saturated rings. The lowest BCUT2D eigenvalue weighted by Gasteiger charge is -2.13. The Morgan fingerprint density at radius 2 is 2.18 bits per heavy atom. The molecule has 0 saturated carbocycles. The Kier molecular flexibility index (Phi) is 5.52. The van der Waals surface area contributed by atoms with Gasteiger partial charge >= 0.3 is 5.97 Å². The number of nitrogens with two attached hydrogens (primary N) is 1. The van der Waals surface area contributed by atoms with Crippen LogP contribution >= 0.6 is 0 Å². The van der Waals surface area contributed by atoms with Crippen LogP contribution in [0.4, 0.5) is 5.82 Å². The Balaban J connectivity index is 2.21. The van der Waals surface area contributed by atoms with E-state index in [0.717, 1.165) is 24.2 Å². The Morgan fingerprint density at radius 3 is 2.82 bits per heavy atom. The van der Waals surface area contributed by atoms with Crippen molar-refractivity contribution in [2.75, 3.05) is 12.3 Å². The predicted molar refractivity (Wildman–Crippen MR) is 84.2 cm³/mol. The second kappa shape index (κ2) is 7.59. The number of carbonyl (C=O) groups is 1. The Bertz CT molecular complexity index is 607. The molecule has 0 aliphatic heterocycles. The van der Waals surface area contributed by atoms with Crippen molar-refractivity contribution in [3.8, 4) is 0 Å². The number of aromatic nitrogens is 3. The number of ether oxygens (including phenoxy) is 1. The van der Waals surface area contributed by atoms with E-state index >= 15 is 0 Å². The largest absolute Gasteiger partial charge is 0.465 e. The monoisotopic (exact) mass is 302 g/mol. The van der Waals surface area contributed by atoms with E-state index in [1.807, 2.05) is 16.8 Å². The minimum absolute atomic E-state index is 0.263. The van der Waals surface area contributed by atoms with Gasteiger partial charge in [-0.3, -0.25) is 4.79 Å². The number of rotatable bonds is 7. The summed E-state index contributed by atoms with van der Waals surface area (Å²) in [6, 6.07) is 3.60. The van der Waals surface area contributed by atoms with Gasteiger partial charge in [-0.05, 0) is 31.4 Å². The van der Waals surface area contributed by atoms with Crippen molar-refractivity contribution in [1.82, 2.24) is 14.5 Å². The Labute approximate surface area is 130 Å². The maximum atomic E-state index is 12.3. The number of aryl methyl sites for hydroxylation is 1. The van der Waals surface area contributed by atoms with Crippen LogP contribution in [0, 0.1) is 0 Å². The van der Waals surface area contributed by atoms with Gasteiger partial charge in [0.15, 0.2) is 0 Å². The average molecular weight is 302 g/mol. The summed E-state index contributed by atoms with van der Waals surface area (Å²) in [7, 11) is 0. The van der Waals surface area contributed by atoms with E-state index < -0.39 is 5.92 Å². The first kappa shape index (κ1) is 16.0. The van der Waals surface area contributed by atoms with Gasteiger partial charge < -0.3 is 15.0 Å². The average Bonchev–Trinajstić information content (AvgIpc) is 2.95. The molecular weight excluding hydrogens is 280 g/mol. The van der Waals surface area contributed by atoms with Gasteiger partial charge in [0.05, 0.1) is 18.6 Å². The number of anilines is 1. The van der Waals surface area contributed by atoms with Crippen LogP contribution in [0.15, 0.2) is 30.9 Å². The number of pyridine rings is 1. The third kappa shape index (κ3) is 4.07. The molecule has 0 spiro atoms. The fraction of sp³-hybridized carbons (Fsp3) is 0.438. The minimum Gasteiger partial charge on any atom is -0.465 e. The van der Waals surface area contributed by atoms with Crippen molar-refractivity contribution in [3.05, 3.63) is 42.1 Å². The molecule has 2 aromatic rings. The molecule has 2 heterocycles. The number of nitrogens with zero attached hydrogens (tertiary/aromatic N) is 3. The van der Waals surface area contributed by atoms with Gasteiger partial charge in [0.1, 0.15) is 11.7 Å². The molecule has 2 aromatic heterocycles. The first-order valence-electron chi connectivity index (χ1n) is 7.52. The number of esters is 1. The van der Waals surface area contributed by atoms with Crippen molar-refractivity contribution < 1.29 is 9.53 Å². The highest BCUT2D eigenvalue weighted by Crippen LogP contribution is 2.21. The molecule has 0 bridgehead atoms. The topological polar surface area (TPSA) is 83.0 Å². The highest BCUT2D eigenvalue weighted by molar-refractivity contribution is 5.77. The lowest BCUT2D eigenvalue weighted by atomic mass is 9.97. The van der Waals surface area contributed by atoms with Gasteiger partial charge in [0.2, 0.25) is 0 Å². The van der Waals surface area contributed by atoms with Gasteiger partial charge in [-0.1, -0.05) is 13.0 Å². The highest BCUT2D eigenvalue weighted by Gasteiger charge is 2.25. The zero-order chi connectivity index (χ0) is 15.9. The molecule has 0 aliphatic rings. The van der Waals surface area contributed by atoms with Gasteiger partial charge in [-0.2, -0.15) is 0 Å². The highest BCUT2D eigenvalue weighted by atomic mass is 16.5. The maximum Gasteiger partial charge on any atom is 0.315 e. The zero-order valence-corrected chi connectivity index (χ0v) is 13.0. The standard InChI is InChI=1S/C16H22N4O2/c1-3-7-20-10-14(19-11-20)13(16(21)22-4-2)8-12-5-6-15(17)18-9-12/h5-6,9-11,13H,3-4,7-8H2,1-2H3,(H2,17,18). The van der Waals surface area contributed by atoms with E-state index in [1.165, 1.54) is 0 Å². The second-order valence-electron chi connectivity index (χ2n) is 5.14. The molecule has 118 valence electrons. The molecule has 1 unspecified atom stereocenters. The summed E-state index contributed by atoms with van der Waals surface area (Å²) in [4.78, 5) is 20.7. The fourth-order valence-corrected chi connectivity index (χ4v) is 2.28. The number of nitrogen functional groups attached to an aromatic ring is 1. The molecule has 0 amide bonds. The third-order valence-corrected chi connectivity index (χ3v) is 3.35. The van der Waals surface area contributed by atoms with E-state index in [9.17, 15) is 4.79 Å². The third-order valence-electron chi connectivity index (χ3n) is 3.35. The number of imidazole rings is 1. The summed E-state index contributed by atoms with van der Waals surface area (Å²) in [5, 5.41) is 0. The SMILES string of the molecule is CCCn1cnc(C(Cc2ccc(N)nc2)C(=O)OCC)c1. The summed E-state index contributed by atoms with van der Waals surface area (Å²) < 4.78 is 7.18. The fourth-order valence-electron chi connectivity index (χ4n) is 2.28. The number of hydrogen-bond acceptors (Lipinski definition) is 5. The smallest absolute Gasteiger partial charge is 0.315 e. The molecule has 0 aliphatic carbocycles. The van der Waals surface area contributed by atoms with Crippen LogP contribution in [-0.2, 0) is 22.5 Å². The molecule has 6 nitrogen and oxygen atoms in total. The molecule has 0 radical (unpaired) electrons. The first-order valence-corrected chi connectivity index (χ1v) is 7.52. The van der Waals surface area contributed by atoms with E-state index in [4.69, 9.17) is 10.5 Å². The number of carbonyl (C=O) groups excluding carboxylic acids is 1. The van der Waals surface area contributed by atoms with Crippen LogP contribution in [0.2, 0.25) is 0 Å². The first-order chi connectivity index (χ1) is 10.6. The maximum absolute atomic E-state index is 12.3. The van der Waals surface area contributed by atoms with E-state index in [-0.39, 0.29) is 5.97 Å². The summed E-state index contributed by atoms with van der Waals surface area (Å²) in [6.45, 7) is 5.13. The van der Waals surface area contributed by atoms with E-state index in [0.29, 0.717) is 18.8 Å². The van der Waals surface area contributed by atoms with E-state index in [2.05, 4.69) is 16.9 Å². The Hall–Kier alpha value is -2.37. The zero-order valence-electron chi connectivity index (χ0n) is 13.0. The van der Waals surface area contributed by atoms with Crippen molar-refractivity contribution in [2.24, 2.45) is 0 Å². The number of hydrogen-bond donors (Lipinski definition) is 1. The van der Waals surface area contributed by atoms with Gasteiger partial charge in [0, 0.05) is 18.9 Å². The Morgan fingerprint density at radius 1 is 1.36 bits per heavy atom. The molecular formula is C16H22N4O2. The quantitative estimate of drug-likeness (QED) is 0.792. The molecule has 0 aromatic carbocycles. The van der Waals surface area contributed by atoms with Crippen LogP contribution < -0.4 is 5.73 Å². The van der Waals surface area contributed by atoms with Crippen molar-refractivity contribution in [3.63, 3.8) is 0 Å². The molecule has 6 heteroatoms. The van der Waals surface area contributed by atoms with Crippen molar-refractivity contribution in [1.29, 1.82) is 0 Å². The molecule has 0 saturated heterocycles. The summed E-state index contributed by atoms with van der Waals surface area (Å²) in [6.07, 6.45) is 6.86. The lowest BCUT2D eigenvalue weighted by Crippen LogP contribution is -2.19. The second-order valence-corrected chi connectivity index (χ2v) is 5.14. The molecule has 22 heavy (non-hydrogen) atoms. The van der Waals surface area contributed by atoms with Crippen LogP contribution in [0.5, 0.6) is 0 Å². The van der Waals surface area contributed by atoms with Gasteiger partial charge in [-0.25, -0.2) is 9.97 Å². The normalized spacial score (nSPS) is 12.1. The summed E-state index contributed by atoms with van der Waals surface area (Å²) in [5.41, 5.74) is 7.25. The molecule has 2 rings (SSSR count). The van der Waals surface area contributed by atoms with Crippen LogP contribution in [0.1, 0.15) is 37.4 Å². The van der Waals surface area contributed by atoms with Crippen molar-refractivity contribution in [2.45, 2.75) is 39.2 Å². The molecule has 2 N–H and O–H groups in total. The summed E-state index contributed by atoms with van der Waals surface area (Å²) in [5.74, 6) is -0.229. The minimum atomic E-state index is -0.427. The molecule has 1 atom stereocenters. The van der Waals surface area contributed by atoms with Crippen LogP contribution in [-0.4, -0.2) is 27.1 Å². The lowest BCUT2D eigenvalue weighted by molar-refractivity contribution is -0.145. The van der Waals surface area contributed by atoms with Crippen molar-refractivity contribution >= 4 is 11.8 Å². The van der Waals surface area contributed by atoms with Gasteiger partial charge in [-0.15, -0.1) is 0 Å². The van der Waals surface area contributed by atoms with Crippen LogP contribution in [0.3, 0.4) is 0 Å². The van der Waals surface area contributed by atoms with E-state index in [1.54, 1.807) is 25.5 Å². The summed E-state index contributed by atoms with van der Waals surface area (Å²) >= 11 is 0.